The van der Waals surface area contributed by atoms with Crippen molar-refractivity contribution >= 4 is 29.9 Å². The molecule has 0 atom stereocenters. The number of guanidine groups is 1. The molecule has 0 unspecified atom stereocenters. The quantitative estimate of drug-likeness (QED) is 0.434. The Morgan fingerprint density at radius 2 is 2.05 bits per heavy atom. The topological polar surface area (TPSA) is 45.7 Å². The largest absolute Gasteiger partial charge is 0.493 e. The second kappa shape index (κ2) is 10.7. The highest BCUT2D eigenvalue weighted by molar-refractivity contribution is 14.0. The van der Waals surface area contributed by atoms with E-state index in [1.54, 1.807) is 7.05 Å². The molecule has 0 bridgehead atoms. The predicted molar refractivity (Wildman–Crippen MR) is 101 cm³/mol. The van der Waals surface area contributed by atoms with Crippen LogP contribution >= 0.6 is 24.0 Å². The fraction of sp³-hybridized carbons (Fsp3) is 0.562. The molecule has 0 aliphatic rings. The SMILES string of the molecule is CN=C(NC)NCc1ccc(C)cc1OCCC(C)C.I. The highest BCUT2D eigenvalue weighted by atomic mass is 127. The number of nitrogens with zero attached hydrogens (tertiary/aromatic N) is 1. The lowest BCUT2D eigenvalue weighted by Gasteiger charge is -2.15. The Balaban J connectivity index is 0.00000400. The van der Waals surface area contributed by atoms with Crippen LogP contribution in [0.4, 0.5) is 0 Å². The molecular weight excluding hydrogens is 377 g/mol. The van der Waals surface area contributed by atoms with Crippen LogP contribution in [0.1, 0.15) is 31.4 Å². The Kier molecular flexibility index (Phi) is 10.2. The van der Waals surface area contributed by atoms with Crippen LogP contribution in [0.5, 0.6) is 5.75 Å². The first-order valence-electron chi connectivity index (χ1n) is 7.17. The van der Waals surface area contributed by atoms with Gasteiger partial charge in [0.1, 0.15) is 5.75 Å². The van der Waals surface area contributed by atoms with Crippen molar-refractivity contribution in [1.29, 1.82) is 0 Å². The van der Waals surface area contributed by atoms with E-state index in [9.17, 15) is 0 Å². The van der Waals surface area contributed by atoms with Crippen LogP contribution < -0.4 is 15.4 Å². The Labute approximate surface area is 145 Å². The molecule has 0 fully saturated rings. The van der Waals surface area contributed by atoms with Crippen molar-refractivity contribution in [2.75, 3.05) is 20.7 Å². The zero-order valence-corrected chi connectivity index (χ0v) is 16.0. The normalized spacial score (nSPS) is 11.0. The third-order valence-electron chi connectivity index (χ3n) is 3.08. The lowest BCUT2D eigenvalue weighted by atomic mass is 10.1. The van der Waals surface area contributed by atoms with Gasteiger partial charge < -0.3 is 15.4 Å². The fourth-order valence-electron chi connectivity index (χ4n) is 1.80. The van der Waals surface area contributed by atoms with E-state index >= 15 is 0 Å². The van der Waals surface area contributed by atoms with Gasteiger partial charge in [0.15, 0.2) is 5.96 Å². The molecule has 1 aromatic rings. The number of hydrogen-bond acceptors (Lipinski definition) is 2. The summed E-state index contributed by atoms with van der Waals surface area (Å²) >= 11 is 0. The Hall–Kier alpha value is -0.980. The molecule has 1 aromatic carbocycles. The molecular formula is C16H28IN3O. The second-order valence-electron chi connectivity index (χ2n) is 5.32. The molecule has 0 aromatic heterocycles. The van der Waals surface area contributed by atoms with Gasteiger partial charge >= 0.3 is 0 Å². The van der Waals surface area contributed by atoms with Crippen molar-refractivity contribution in [2.24, 2.45) is 10.9 Å². The van der Waals surface area contributed by atoms with E-state index in [0.717, 1.165) is 30.3 Å². The third-order valence-corrected chi connectivity index (χ3v) is 3.08. The summed E-state index contributed by atoms with van der Waals surface area (Å²) in [6.07, 6.45) is 1.07. The van der Waals surface area contributed by atoms with Gasteiger partial charge in [-0.3, -0.25) is 4.99 Å². The van der Waals surface area contributed by atoms with Gasteiger partial charge in [0.2, 0.25) is 0 Å². The van der Waals surface area contributed by atoms with Crippen LogP contribution in [0.15, 0.2) is 23.2 Å². The highest BCUT2D eigenvalue weighted by Gasteiger charge is 2.06. The summed E-state index contributed by atoms with van der Waals surface area (Å²) in [7, 11) is 3.61. The Bertz CT molecular complexity index is 447. The van der Waals surface area contributed by atoms with Gasteiger partial charge in [-0.25, -0.2) is 0 Å². The molecule has 21 heavy (non-hydrogen) atoms. The van der Waals surface area contributed by atoms with Crippen LogP contribution in [0.25, 0.3) is 0 Å². The average Bonchev–Trinajstić information content (AvgIpc) is 2.41. The molecule has 0 saturated heterocycles. The first kappa shape index (κ1) is 20.0. The molecule has 0 heterocycles. The van der Waals surface area contributed by atoms with E-state index < -0.39 is 0 Å². The summed E-state index contributed by atoms with van der Waals surface area (Å²) in [5.41, 5.74) is 2.36. The standard InChI is InChI=1S/C16H27N3O.HI/c1-12(2)8-9-20-15-10-13(3)6-7-14(15)11-19-16(17-4)18-5;/h6-7,10,12H,8-9,11H2,1-5H3,(H2,17,18,19);1H. The number of hydrogen-bond donors (Lipinski definition) is 2. The van der Waals surface area contributed by atoms with Crippen LogP contribution in [-0.4, -0.2) is 26.7 Å². The molecule has 0 spiro atoms. The maximum atomic E-state index is 5.93. The van der Waals surface area contributed by atoms with Crippen LogP contribution in [0.3, 0.4) is 0 Å². The Morgan fingerprint density at radius 3 is 2.62 bits per heavy atom. The minimum absolute atomic E-state index is 0. The van der Waals surface area contributed by atoms with Crippen molar-refractivity contribution in [2.45, 2.75) is 33.7 Å². The summed E-state index contributed by atoms with van der Waals surface area (Å²) in [6.45, 7) is 7.96. The lowest BCUT2D eigenvalue weighted by molar-refractivity contribution is 0.286. The summed E-state index contributed by atoms with van der Waals surface area (Å²) in [6, 6.07) is 6.31. The highest BCUT2D eigenvalue weighted by Crippen LogP contribution is 2.21. The summed E-state index contributed by atoms with van der Waals surface area (Å²) in [5, 5.41) is 6.26. The number of nitrogens with one attached hydrogen (secondary N) is 2. The smallest absolute Gasteiger partial charge is 0.190 e. The number of ether oxygens (including phenoxy) is 1. The second-order valence-corrected chi connectivity index (χ2v) is 5.32. The van der Waals surface area contributed by atoms with Crippen LogP contribution in [0.2, 0.25) is 0 Å². The van der Waals surface area contributed by atoms with Gasteiger partial charge in [0, 0.05) is 26.2 Å². The molecule has 0 aliphatic heterocycles. The molecule has 1 rings (SSSR count). The minimum Gasteiger partial charge on any atom is -0.493 e. The summed E-state index contributed by atoms with van der Waals surface area (Å²) in [5.74, 6) is 2.40. The van der Waals surface area contributed by atoms with Gasteiger partial charge in [0.25, 0.3) is 0 Å². The zero-order valence-electron chi connectivity index (χ0n) is 13.7. The van der Waals surface area contributed by atoms with Crippen molar-refractivity contribution in [1.82, 2.24) is 10.6 Å². The van der Waals surface area contributed by atoms with Gasteiger partial charge in [-0.05, 0) is 30.9 Å². The van der Waals surface area contributed by atoms with E-state index in [1.165, 1.54) is 5.56 Å². The average molecular weight is 405 g/mol. The molecule has 0 radical (unpaired) electrons. The zero-order chi connectivity index (χ0) is 15.0. The number of benzene rings is 1. The van der Waals surface area contributed by atoms with Crippen molar-refractivity contribution in [3.05, 3.63) is 29.3 Å². The molecule has 4 nitrogen and oxygen atoms in total. The first-order chi connectivity index (χ1) is 9.56. The molecule has 0 aliphatic carbocycles. The molecule has 0 amide bonds. The van der Waals surface area contributed by atoms with Crippen molar-refractivity contribution in [3.8, 4) is 5.75 Å². The lowest BCUT2D eigenvalue weighted by Crippen LogP contribution is -2.34. The maximum absolute atomic E-state index is 5.93. The van der Waals surface area contributed by atoms with Crippen LogP contribution in [0, 0.1) is 12.8 Å². The number of halogens is 1. The first-order valence-corrected chi connectivity index (χ1v) is 7.17. The fourth-order valence-corrected chi connectivity index (χ4v) is 1.80. The van der Waals surface area contributed by atoms with E-state index in [2.05, 4.69) is 54.6 Å². The maximum Gasteiger partial charge on any atom is 0.190 e. The van der Waals surface area contributed by atoms with Crippen molar-refractivity contribution in [3.63, 3.8) is 0 Å². The summed E-state index contributed by atoms with van der Waals surface area (Å²) in [4.78, 5) is 4.11. The van der Waals surface area contributed by atoms with E-state index in [4.69, 9.17) is 4.74 Å². The van der Waals surface area contributed by atoms with E-state index in [0.29, 0.717) is 12.5 Å². The third kappa shape index (κ3) is 7.55. The molecule has 5 heteroatoms. The number of aryl methyl sites for hydroxylation is 1. The van der Waals surface area contributed by atoms with Crippen molar-refractivity contribution < 1.29 is 4.74 Å². The molecule has 120 valence electrons. The summed E-state index contributed by atoms with van der Waals surface area (Å²) < 4.78 is 5.93. The minimum atomic E-state index is 0. The van der Waals surface area contributed by atoms with E-state index in [1.807, 2.05) is 7.05 Å². The van der Waals surface area contributed by atoms with Gasteiger partial charge in [0.05, 0.1) is 6.61 Å². The number of aliphatic imine (C=N–C) groups is 1. The Morgan fingerprint density at radius 1 is 1.33 bits per heavy atom. The van der Waals surface area contributed by atoms with Crippen LogP contribution in [-0.2, 0) is 6.54 Å². The van der Waals surface area contributed by atoms with Gasteiger partial charge in [-0.2, -0.15) is 0 Å². The predicted octanol–water partition coefficient (Wildman–Crippen LogP) is 3.33. The van der Waals surface area contributed by atoms with E-state index in [-0.39, 0.29) is 24.0 Å². The molecule has 0 saturated carbocycles. The number of rotatable bonds is 6. The van der Waals surface area contributed by atoms with Gasteiger partial charge in [-0.1, -0.05) is 26.0 Å². The van der Waals surface area contributed by atoms with Gasteiger partial charge in [-0.15, -0.1) is 24.0 Å². The molecule has 2 N–H and O–H groups in total. The monoisotopic (exact) mass is 405 g/mol.